The lowest BCUT2D eigenvalue weighted by atomic mass is 10.4. The van der Waals surface area contributed by atoms with E-state index in [1.54, 1.807) is 30.6 Å². The van der Waals surface area contributed by atoms with E-state index in [-0.39, 0.29) is 5.91 Å². The normalized spacial score (nSPS) is 10.1. The van der Waals surface area contributed by atoms with Gasteiger partial charge in [-0.1, -0.05) is 0 Å². The van der Waals surface area contributed by atoms with E-state index in [2.05, 4.69) is 42.2 Å². The van der Waals surface area contributed by atoms with Crippen molar-refractivity contribution in [1.82, 2.24) is 4.98 Å². The Bertz CT molecular complexity index is 493. The van der Waals surface area contributed by atoms with Gasteiger partial charge in [-0.2, -0.15) is 0 Å². The Morgan fingerprint density at radius 3 is 2.81 bits per heavy atom. The second-order valence-corrected chi connectivity index (χ2v) is 6.15. The van der Waals surface area contributed by atoms with Crippen molar-refractivity contribution in [3.8, 4) is 0 Å². The molecule has 0 aliphatic carbocycles. The van der Waals surface area contributed by atoms with Crippen LogP contribution in [0.2, 0.25) is 0 Å². The van der Waals surface area contributed by atoms with E-state index in [0.717, 1.165) is 8.26 Å². The van der Waals surface area contributed by atoms with E-state index in [9.17, 15) is 4.79 Å². The molecule has 2 rings (SSSR count). The number of hydrogen-bond donors (Lipinski definition) is 1. The van der Waals surface area contributed by atoms with Crippen molar-refractivity contribution >= 4 is 54.8 Å². The molecule has 0 fully saturated rings. The van der Waals surface area contributed by atoms with E-state index in [0.29, 0.717) is 10.6 Å². The molecule has 0 saturated carbocycles. The van der Waals surface area contributed by atoms with Gasteiger partial charge in [0.2, 0.25) is 0 Å². The Labute approximate surface area is 113 Å². The number of halogens is 2. The molecule has 0 radical (unpaired) electrons. The van der Waals surface area contributed by atoms with Crippen LogP contribution in [0.3, 0.4) is 0 Å². The minimum Gasteiger partial charge on any atom is -0.320 e. The molecule has 0 unspecified atom stereocenters. The number of aromatic nitrogens is 1. The summed E-state index contributed by atoms with van der Waals surface area (Å²) in [7, 11) is 0. The van der Waals surface area contributed by atoms with Gasteiger partial charge in [0.1, 0.15) is 0 Å². The molecule has 6 heteroatoms. The quantitative estimate of drug-likeness (QED) is 0.880. The summed E-state index contributed by atoms with van der Waals surface area (Å²) in [5.41, 5.74) is 0.688. The van der Waals surface area contributed by atoms with Crippen LogP contribution in [0, 0.1) is 0 Å². The molecule has 2 aromatic rings. The number of carbonyl (C=O) groups excluding carboxylic acids is 1. The fourth-order valence-electron chi connectivity index (χ4n) is 1.09. The summed E-state index contributed by atoms with van der Waals surface area (Å²) in [6, 6.07) is 5.35. The molecule has 0 saturated heterocycles. The molecule has 82 valence electrons. The van der Waals surface area contributed by atoms with Crippen molar-refractivity contribution in [2.45, 2.75) is 0 Å². The van der Waals surface area contributed by atoms with Gasteiger partial charge >= 0.3 is 0 Å². The monoisotopic (exact) mass is 360 g/mol. The summed E-state index contributed by atoms with van der Waals surface area (Å²) in [6.45, 7) is 0. The molecule has 0 aliphatic heterocycles. The van der Waals surface area contributed by atoms with Gasteiger partial charge in [0, 0.05) is 10.7 Å². The summed E-state index contributed by atoms with van der Waals surface area (Å²) in [4.78, 5) is 16.4. The van der Waals surface area contributed by atoms with Gasteiger partial charge in [0.15, 0.2) is 0 Å². The molecule has 0 aliphatic rings. The third-order valence-electron chi connectivity index (χ3n) is 1.79. The number of nitrogens with one attached hydrogen (secondary N) is 1. The molecular formula is C10H6Br2N2OS. The van der Waals surface area contributed by atoms with Crippen LogP contribution in [0.1, 0.15) is 9.67 Å². The molecule has 1 N–H and O–H groups in total. The smallest absolute Gasteiger partial charge is 0.265 e. The number of amides is 1. The second kappa shape index (κ2) is 5.07. The third kappa shape index (κ3) is 2.69. The molecule has 2 heterocycles. The SMILES string of the molecule is O=C(Nc1cccnc1)c1cc(Br)c(Br)s1. The van der Waals surface area contributed by atoms with Gasteiger partial charge in [0.25, 0.3) is 5.91 Å². The minimum absolute atomic E-state index is 0.135. The molecular weight excluding hydrogens is 356 g/mol. The standard InChI is InChI=1S/C10H6Br2N2OS/c11-7-4-8(16-9(7)12)10(15)14-6-2-1-3-13-5-6/h1-5H,(H,14,15). The fourth-order valence-corrected chi connectivity index (χ4v) is 3.02. The van der Waals surface area contributed by atoms with Crippen molar-refractivity contribution in [1.29, 1.82) is 0 Å². The third-order valence-corrected chi connectivity index (χ3v) is 5.04. The minimum atomic E-state index is -0.135. The summed E-state index contributed by atoms with van der Waals surface area (Å²) in [5.74, 6) is -0.135. The highest BCUT2D eigenvalue weighted by atomic mass is 79.9. The van der Waals surface area contributed by atoms with Crippen LogP contribution in [0.5, 0.6) is 0 Å². The highest BCUT2D eigenvalue weighted by molar-refractivity contribution is 9.13. The Kier molecular flexibility index (Phi) is 3.73. The first-order chi connectivity index (χ1) is 7.66. The van der Waals surface area contributed by atoms with E-state index in [4.69, 9.17) is 0 Å². The number of pyridine rings is 1. The molecule has 0 bridgehead atoms. The van der Waals surface area contributed by atoms with Crippen LogP contribution in [0.4, 0.5) is 5.69 Å². The van der Waals surface area contributed by atoms with Crippen molar-refractivity contribution < 1.29 is 4.79 Å². The number of anilines is 1. The predicted molar refractivity (Wildman–Crippen MR) is 71.9 cm³/mol. The molecule has 0 atom stereocenters. The average Bonchev–Trinajstić information content (AvgIpc) is 2.61. The lowest BCUT2D eigenvalue weighted by Crippen LogP contribution is -2.09. The van der Waals surface area contributed by atoms with Gasteiger partial charge in [-0.3, -0.25) is 9.78 Å². The van der Waals surface area contributed by atoms with Gasteiger partial charge in [-0.15, -0.1) is 11.3 Å². The number of carbonyl (C=O) groups is 1. The van der Waals surface area contributed by atoms with E-state index in [1.165, 1.54) is 11.3 Å². The number of nitrogens with zero attached hydrogens (tertiary/aromatic N) is 1. The largest absolute Gasteiger partial charge is 0.320 e. The van der Waals surface area contributed by atoms with Crippen LogP contribution in [-0.2, 0) is 0 Å². The maximum Gasteiger partial charge on any atom is 0.265 e. The molecule has 3 nitrogen and oxygen atoms in total. The van der Waals surface area contributed by atoms with Crippen molar-refractivity contribution in [2.75, 3.05) is 5.32 Å². The average molecular weight is 362 g/mol. The van der Waals surface area contributed by atoms with Gasteiger partial charge in [-0.05, 0) is 50.1 Å². The van der Waals surface area contributed by atoms with Crippen LogP contribution in [-0.4, -0.2) is 10.9 Å². The number of rotatable bonds is 2. The molecule has 0 aromatic carbocycles. The summed E-state index contributed by atoms with van der Waals surface area (Å²) < 4.78 is 1.79. The first-order valence-corrected chi connectivity index (χ1v) is 6.73. The molecule has 0 spiro atoms. The predicted octanol–water partition coefficient (Wildman–Crippen LogP) is 3.92. The van der Waals surface area contributed by atoms with Crippen LogP contribution >= 0.6 is 43.2 Å². The number of hydrogen-bond acceptors (Lipinski definition) is 3. The Morgan fingerprint density at radius 1 is 1.44 bits per heavy atom. The summed E-state index contributed by atoms with van der Waals surface area (Å²) >= 11 is 8.07. The zero-order valence-electron chi connectivity index (χ0n) is 7.91. The maximum atomic E-state index is 11.8. The van der Waals surface area contributed by atoms with Crippen LogP contribution in [0.25, 0.3) is 0 Å². The lowest BCUT2D eigenvalue weighted by molar-refractivity contribution is 0.103. The zero-order chi connectivity index (χ0) is 11.5. The zero-order valence-corrected chi connectivity index (χ0v) is 11.9. The lowest BCUT2D eigenvalue weighted by Gasteiger charge is -2.01. The highest BCUT2D eigenvalue weighted by Gasteiger charge is 2.11. The van der Waals surface area contributed by atoms with E-state index < -0.39 is 0 Å². The van der Waals surface area contributed by atoms with Crippen molar-refractivity contribution in [2.24, 2.45) is 0 Å². The van der Waals surface area contributed by atoms with Crippen LogP contribution < -0.4 is 5.32 Å². The Hall–Kier alpha value is -0.720. The van der Waals surface area contributed by atoms with Crippen molar-refractivity contribution in [3.05, 3.63) is 43.7 Å². The fraction of sp³-hybridized carbons (Fsp3) is 0. The maximum absolute atomic E-state index is 11.8. The first kappa shape index (κ1) is 11.8. The van der Waals surface area contributed by atoms with E-state index >= 15 is 0 Å². The Balaban J connectivity index is 2.15. The molecule has 2 aromatic heterocycles. The highest BCUT2D eigenvalue weighted by Crippen LogP contribution is 2.32. The molecule has 16 heavy (non-hydrogen) atoms. The van der Waals surface area contributed by atoms with Gasteiger partial charge in [0.05, 0.1) is 20.5 Å². The van der Waals surface area contributed by atoms with E-state index in [1.807, 2.05) is 0 Å². The second-order valence-electron chi connectivity index (χ2n) is 2.93. The number of thiophene rings is 1. The summed E-state index contributed by atoms with van der Waals surface area (Å²) in [5, 5.41) is 2.77. The summed E-state index contributed by atoms with van der Waals surface area (Å²) in [6.07, 6.45) is 3.27. The van der Waals surface area contributed by atoms with Crippen molar-refractivity contribution in [3.63, 3.8) is 0 Å². The topological polar surface area (TPSA) is 42.0 Å². The van der Waals surface area contributed by atoms with Gasteiger partial charge < -0.3 is 5.32 Å². The van der Waals surface area contributed by atoms with Crippen LogP contribution in [0.15, 0.2) is 38.9 Å². The first-order valence-electron chi connectivity index (χ1n) is 4.33. The van der Waals surface area contributed by atoms with Gasteiger partial charge in [-0.25, -0.2) is 0 Å². The molecule has 1 amide bonds. The Morgan fingerprint density at radius 2 is 2.25 bits per heavy atom.